The van der Waals surface area contributed by atoms with Crippen LogP contribution in [0.5, 0.6) is 11.5 Å². The monoisotopic (exact) mass is 339 g/mol. The molecule has 0 unspecified atom stereocenters. The lowest BCUT2D eigenvalue weighted by Gasteiger charge is -2.23. The maximum Gasteiger partial charge on any atom is 0.123 e. The van der Waals surface area contributed by atoms with Crippen LogP contribution in [0.1, 0.15) is 42.5 Å². The first-order chi connectivity index (χ1) is 12.2. The van der Waals surface area contributed by atoms with Gasteiger partial charge in [-0.05, 0) is 43.1 Å². The molecule has 3 heteroatoms. The second-order valence-electron chi connectivity index (χ2n) is 6.81. The van der Waals surface area contributed by atoms with E-state index in [-0.39, 0.29) is 0 Å². The summed E-state index contributed by atoms with van der Waals surface area (Å²) in [5.41, 5.74) is 5.27. The molecule has 25 heavy (non-hydrogen) atoms. The van der Waals surface area contributed by atoms with Crippen molar-refractivity contribution in [1.82, 2.24) is 4.90 Å². The van der Waals surface area contributed by atoms with Crippen molar-refractivity contribution in [1.29, 1.82) is 0 Å². The standard InChI is InChI=1S/C22H29NO2/c1-4-17-7-9-21-19(13-17)15-23(3)16-20-14-18(5-2)8-10-22(20)25-12-6-11-24-21/h7-10,13-14H,4-6,11-12,15-16H2,1-3H3. The Morgan fingerprint density at radius 3 is 1.72 bits per heavy atom. The van der Waals surface area contributed by atoms with Crippen LogP contribution in [-0.2, 0) is 25.9 Å². The molecular formula is C22H29NO2. The lowest BCUT2D eigenvalue weighted by molar-refractivity contribution is 0.231. The van der Waals surface area contributed by atoms with Crippen molar-refractivity contribution in [3.8, 4) is 11.5 Å². The summed E-state index contributed by atoms with van der Waals surface area (Å²) in [7, 11) is 2.16. The highest BCUT2D eigenvalue weighted by atomic mass is 16.5. The molecule has 1 heterocycles. The fourth-order valence-electron chi connectivity index (χ4n) is 3.29. The van der Waals surface area contributed by atoms with Gasteiger partial charge in [0.1, 0.15) is 11.5 Å². The van der Waals surface area contributed by atoms with Gasteiger partial charge in [0.05, 0.1) is 13.2 Å². The summed E-state index contributed by atoms with van der Waals surface area (Å²) in [4.78, 5) is 2.34. The van der Waals surface area contributed by atoms with Crippen molar-refractivity contribution < 1.29 is 9.47 Å². The first-order valence-electron chi connectivity index (χ1n) is 9.37. The predicted molar refractivity (Wildman–Crippen MR) is 102 cm³/mol. The average molecular weight is 339 g/mol. The first-order valence-corrected chi connectivity index (χ1v) is 9.37. The maximum atomic E-state index is 6.03. The smallest absolute Gasteiger partial charge is 0.123 e. The van der Waals surface area contributed by atoms with Gasteiger partial charge in [-0.2, -0.15) is 0 Å². The van der Waals surface area contributed by atoms with Crippen molar-refractivity contribution in [3.63, 3.8) is 0 Å². The summed E-state index contributed by atoms with van der Waals surface area (Å²) in [5.74, 6) is 2.01. The van der Waals surface area contributed by atoms with Gasteiger partial charge in [-0.1, -0.05) is 38.1 Å². The molecule has 0 saturated heterocycles. The number of hydrogen-bond donors (Lipinski definition) is 0. The zero-order valence-electron chi connectivity index (χ0n) is 15.7. The van der Waals surface area contributed by atoms with E-state index in [1.54, 1.807) is 0 Å². The lowest BCUT2D eigenvalue weighted by atomic mass is 10.1. The van der Waals surface area contributed by atoms with Crippen LogP contribution >= 0.6 is 0 Å². The van der Waals surface area contributed by atoms with Gasteiger partial charge in [0.25, 0.3) is 0 Å². The van der Waals surface area contributed by atoms with Crippen LogP contribution in [0.25, 0.3) is 0 Å². The zero-order valence-corrected chi connectivity index (χ0v) is 15.7. The molecule has 0 amide bonds. The van der Waals surface area contributed by atoms with Crippen LogP contribution in [0.3, 0.4) is 0 Å². The molecule has 2 aromatic rings. The second-order valence-corrected chi connectivity index (χ2v) is 6.81. The summed E-state index contributed by atoms with van der Waals surface area (Å²) in [5, 5.41) is 0. The first kappa shape index (κ1) is 17.8. The van der Waals surface area contributed by atoms with E-state index in [9.17, 15) is 0 Å². The summed E-state index contributed by atoms with van der Waals surface area (Å²) in [6, 6.07) is 13.2. The molecular weight excluding hydrogens is 310 g/mol. The highest BCUT2D eigenvalue weighted by molar-refractivity contribution is 5.39. The Labute approximate surface area is 151 Å². The fourth-order valence-corrected chi connectivity index (χ4v) is 3.29. The molecule has 0 bridgehead atoms. The van der Waals surface area contributed by atoms with Gasteiger partial charge in [-0.15, -0.1) is 0 Å². The third-order valence-corrected chi connectivity index (χ3v) is 4.75. The summed E-state index contributed by atoms with van der Waals surface area (Å²) in [6.45, 7) is 7.51. The Morgan fingerprint density at radius 1 is 0.800 bits per heavy atom. The molecule has 0 atom stereocenters. The van der Waals surface area contributed by atoms with Gasteiger partial charge in [0.2, 0.25) is 0 Å². The molecule has 1 aliphatic rings. The topological polar surface area (TPSA) is 21.7 Å². The van der Waals surface area contributed by atoms with Crippen LogP contribution in [0.15, 0.2) is 36.4 Å². The molecule has 0 fully saturated rings. The molecule has 0 aliphatic carbocycles. The molecule has 0 radical (unpaired) electrons. The maximum absolute atomic E-state index is 6.03. The van der Waals surface area contributed by atoms with Crippen molar-refractivity contribution >= 4 is 0 Å². The second kappa shape index (κ2) is 8.39. The minimum atomic E-state index is 0.685. The van der Waals surface area contributed by atoms with Crippen molar-refractivity contribution in [2.24, 2.45) is 0 Å². The summed E-state index contributed by atoms with van der Waals surface area (Å²) >= 11 is 0. The quantitative estimate of drug-likeness (QED) is 0.798. The molecule has 0 aromatic heterocycles. The SMILES string of the molecule is CCc1ccc2c(c1)CN(C)Cc1cc(CC)ccc1OCCCO2. The molecule has 1 aliphatic heterocycles. The van der Waals surface area contributed by atoms with Crippen molar-refractivity contribution in [2.75, 3.05) is 20.3 Å². The van der Waals surface area contributed by atoms with E-state index in [0.29, 0.717) is 13.2 Å². The molecule has 3 rings (SSSR count). The fraction of sp³-hybridized carbons (Fsp3) is 0.455. The van der Waals surface area contributed by atoms with E-state index < -0.39 is 0 Å². The van der Waals surface area contributed by atoms with Gasteiger partial charge in [-0.25, -0.2) is 0 Å². The Bertz CT molecular complexity index is 652. The van der Waals surface area contributed by atoms with Gasteiger partial charge in [0, 0.05) is 30.6 Å². The highest BCUT2D eigenvalue weighted by Gasteiger charge is 2.13. The number of nitrogens with zero attached hydrogens (tertiary/aromatic N) is 1. The normalized spacial score (nSPS) is 15.8. The Morgan fingerprint density at radius 2 is 1.28 bits per heavy atom. The molecule has 0 spiro atoms. The van der Waals surface area contributed by atoms with Crippen LogP contribution < -0.4 is 9.47 Å². The van der Waals surface area contributed by atoms with Crippen LogP contribution in [-0.4, -0.2) is 25.2 Å². The van der Waals surface area contributed by atoms with Crippen molar-refractivity contribution in [3.05, 3.63) is 58.7 Å². The molecule has 0 N–H and O–H groups in total. The Hall–Kier alpha value is -2.00. The summed E-state index contributed by atoms with van der Waals surface area (Å²) in [6.07, 6.45) is 2.99. The van der Waals surface area contributed by atoms with Gasteiger partial charge >= 0.3 is 0 Å². The minimum absolute atomic E-state index is 0.685. The molecule has 0 saturated carbocycles. The van der Waals surface area contributed by atoms with Crippen LogP contribution in [0.4, 0.5) is 0 Å². The Balaban J connectivity index is 1.89. The van der Waals surface area contributed by atoms with E-state index >= 15 is 0 Å². The predicted octanol–water partition coefficient (Wildman–Crippen LogP) is 4.60. The molecule has 134 valence electrons. The highest BCUT2D eigenvalue weighted by Crippen LogP contribution is 2.26. The van der Waals surface area contributed by atoms with Gasteiger partial charge < -0.3 is 9.47 Å². The summed E-state index contributed by atoms with van der Waals surface area (Å²) < 4.78 is 12.1. The zero-order chi connectivity index (χ0) is 17.6. The van der Waals surface area contributed by atoms with Gasteiger partial charge in [-0.3, -0.25) is 4.90 Å². The third kappa shape index (κ3) is 4.55. The average Bonchev–Trinajstić information content (AvgIpc) is 2.62. The lowest BCUT2D eigenvalue weighted by Crippen LogP contribution is -2.20. The number of ether oxygens (including phenoxy) is 2. The van der Waals surface area contributed by atoms with Crippen LogP contribution in [0, 0.1) is 0 Å². The Kier molecular flexibility index (Phi) is 5.98. The number of hydrogen-bond acceptors (Lipinski definition) is 3. The molecule has 3 nitrogen and oxygen atoms in total. The largest absolute Gasteiger partial charge is 0.493 e. The van der Waals surface area contributed by atoms with Crippen molar-refractivity contribution in [2.45, 2.75) is 46.2 Å². The minimum Gasteiger partial charge on any atom is -0.493 e. The van der Waals surface area contributed by atoms with Gasteiger partial charge in [0.15, 0.2) is 0 Å². The third-order valence-electron chi connectivity index (χ3n) is 4.75. The van der Waals surface area contributed by atoms with E-state index in [1.165, 1.54) is 22.3 Å². The molecule has 2 aromatic carbocycles. The number of rotatable bonds is 2. The van der Waals surface area contributed by atoms with E-state index in [1.807, 2.05) is 0 Å². The van der Waals surface area contributed by atoms with Crippen LogP contribution in [0.2, 0.25) is 0 Å². The number of benzene rings is 2. The number of aryl methyl sites for hydroxylation is 2. The van der Waals surface area contributed by atoms with E-state index in [2.05, 4.69) is 62.2 Å². The van der Waals surface area contributed by atoms with E-state index in [4.69, 9.17) is 9.47 Å². The van der Waals surface area contributed by atoms with E-state index in [0.717, 1.165) is 43.9 Å². The number of fused-ring (bicyclic) bond motifs is 2.